The van der Waals surface area contributed by atoms with E-state index in [0.29, 0.717) is 6.17 Å². The molecule has 2 aliphatic heterocycles. The van der Waals surface area contributed by atoms with Gasteiger partial charge in [-0.2, -0.15) is 11.8 Å². The van der Waals surface area contributed by atoms with E-state index < -0.39 is 0 Å². The topological polar surface area (TPSA) is 15.7 Å². The summed E-state index contributed by atoms with van der Waals surface area (Å²) in [7, 11) is 0. The number of hydrogen-bond acceptors (Lipinski definition) is 4. The molecule has 106 valence electrons. The van der Waals surface area contributed by atoms with Gasteiger partial charge in [-0.25, -0.2) is 0 Å². The van der Waals surface area contributed by atoms with E-state index in [1.807, 2.05) is 11.8 Å². The summed E-state index contributed by atoms with van der Waals surface area (Å²) >= 11 is 1.97. The molecule has 0 aromatic carbocycles. The molecule has 0 N–H and O–H groups in total. The maximum Gasteiger partial charge on any atom is 0.0863 e. The van der Waals surface area contributed by atoms with Gasteiger partial charge < -0.3 is 4.74 Å². The number of likely N-dealkylation sites (tertiary alicyclic amines) is 2. The fourth-order valence-corrected chi connectivity index (χ4v) is 3.50. The van der Waals surface area contributed by atoms with Gasteiger partial charge in [-0.1, -0.05) is 6.92 Å². The van der Waals surface area contributed by atoms with Crippen molar-refractivity contribution in [3.8, 4) is 0 Å². The Bertz CT molecular complexity index is 200. The van der Waals surface area contributed by atoms with Gasteiger partial charge in [0.25, 0.3) is 0 Å². The molecule has 2 fully saturated rings. The summed E-state index contributed by atoms with van der Waals surface area (Å²) in [4.78, 5) is 5.27. The Morgan fingerprint density at radius 2 is 1.56 bits per heavy atom. The van der Waals surface area contributed by atoms with Crippen molar-refractivity contribution < 1.29 is 4.74 Å². The van der Waals surface area contributed by atoms with Crippen molar-refractivity contribution in [2.24, 2.45) is 0 Å². The molecule has 3 nitrogen and oxygen atoms in total. The predicted molar refractivity (Wildman–Crippen MR) is 79.2 cm³/mol. The smallest absolute Gasteiger partial charge is 0.0863 e. The fraction of sp³-hybridized carbons (Fsp3) is 1.00. The van der Waals surface area contributed by atoms with E-state index in [4.69, 9.17) is 4.74 Å². The van der Waals surface area contributed by atoms with Crippen LogP contribution in [0.3, 0.4) is 0 Å². The normalized spacial score (nSPS) is 22.3. The van der Waals surface area contributed by atoms with E-state index in [0.717, 1.165) is 19.0 Å². The molecule has 0 aromatic rings. The lowest BCUT2D eigenvalue weighted by Crippen LogP contribution is -2.49. The Morgan fingerprint density at radius 1 is 1.00 bits per heavy atom. The molecule has 0 atom stereocenters. The van der Waals surface area contributed by atoms with E-state index >= 15 is 0 Å². The molecule has 0 saturated carbocycles. The SMILES string of the molecule is CCSCCOCC(N1CCCC1)N1CCCC1. The van der Waals surface area contributed by atoms with Crippen LogP contribution in [0.4, 0.5) is 0 Å². The highest BCUT2D eigenvalue weighted by atomic mass is 32.2. The van der Waals surface area contributed by atoms with Crippen molar-refractivity contribution in [1.82, 2.24) is 9.80 Å². The molecule has 0 unspecified atom stereocenters. The number of thioether (sulfide) groups is 1. The van der Waals surface area contributed by atoms with Gasteiger partial charge in [0.1, 0.15) is 0 Å². The van der Waals surface area contributed by atoms with Crippen LogP contribution in [0.15, 0.2) is 0 Å². The van der Waals surface area contributed by atoms with Crippen LogP contribution in [0.1, 0.15) is 32.6 Å². The highest BCUT2D eigenvalue weighted by Gasteiger charge is 2.29. The van der Waals surface area contributed by atoms with Crippen LogP contribution in [0, 0.1) is 0 Å². The number of ether oxygens (including phenoxy) is 1. The molecule has 2 rings (SSSR count). The van der Waals surface area contributed by atoms with Gasteiger partial charge in [0, 0.05) is 5.75 Å². The zero-order chi connectivity index (χ0) is 12.6. The summed E-state index contributed by atoms with van der Waals surface area (Å²) < 4.78 is 5.92. The van der Waals surface area contributed by atoms with Gasteiger partial charge in [-0.15, -0.1) is 0 Å². The van der Waals surface area contributed by atoms with Crippen LogP contribution < -0.4 is 0 Å². The van der Waals surface area contributed by atoms with E-state index in [1.54, 1.807) is 0 Å². The molecule has 18 heavy (non-hydrogen) atoms. The lowest BCUT2D eigenvalue weighted by molar-refractivity contribution is -0.00177. The average Bonchev–Trinajstić information content (AvgIpc) is 3.06. The number of rotatable bonds is 8. The fourth-order valence-electron chi connectivity index (χ4n) is 2.97. The third-order valence-corrected chi connectivity index (χ3v) is 4.83. The summed E-state index contributed by atoms with van der Waals surface area (Å²) in [5.41, 5.74) is 0. The van der Waals surface area contributed by atoms with Gasteiger partial charge in [-0.3, -0.25) is 9.80 Å². The molecular weight excluding hydrogens is 244 g/mol. The standard InChI is InChI=1S/C14H28N2OS/c1-2-18-12-11-17-13-14(15-7-3-4-8-15)16-9-5-6-10-16/h14H,2-13H2,1H3. The quantitative estimate of drug-likeness (QED) is 0.630. The number of nitrogens with zero attached hydrogens (tertiary/aromatic N) is 2. The van der Waals surface area contributed by atoms with E-state index in [2.05, 4.69) is 16.7 Å². The van der Waals surface area contributed by atoms with Crippen molar-refractivity contribution in [2.75, 3.05) is 50.9 Å². The predicted octanol–water partition coefficient (Wildman–Crippen LogP) is 2.27. The highest BCUT2D eigenvalue weighted by Crippen LogP contribution is 2.19. The summed E-state index contributed by atoms with van der Waals surface area (Å²) in [5, 5.41) is 0. The Morgan fingerprint density at radius 3 is 2.06 bits per heavy atom. The first kappa shape index (κ1) is 14.6. The Balaban J connectivity index is 1.73. The molecular formula is C14H28N2OS. The van der Waals surface area contributed by atoms with Crippen molar-refractivity contribution >= 4 is 11.8 Å². The average molecular weight is 272 g/mol. The minimum absolute atomic E-state index is 0.557. The molecule has 0 aliphatic carbocycles. The summed E-state index contributed by atoms with van der Waals surface area (Å²) in [5.74, 6) is 2.34. The summed E-state index contributed by atoms with van der Waals surface area (Å²) in [6, 6.07) is 0. The molecule has 0 bridgehead atoms. The van der Waals surface area contributed by atoms with Crippen LogP contribution >= 0.6 is 11.8 Å². The number of hydrogen-bond donors (Lipinski definition) is 0. The zero-order valence-electron chi connectivity index (χ0n) is 11.8. The zero-order valence-corrected chi connectivity index (χ0v) is 12.6. The first-order valence-corrected chi connectivity index (χ1v) is 8.71. The second kappa shape index (κ2) is 8.41. The first-order valence-electron chi connectivity index (χ1n) is 7.55. The van der Waals surface area contributed by atoms with Gasteiger partial charge in [0.2, 0.25) is 0 Å². The van der Waals surface area contributed by atoms with Gasteiger partial charge >= 0.3 is 0 Å². The van der Waals surface area contributed by atoms with Crippen LogP contribution in [-0.4, -0.2) is 66.9 Å². The Hall–Kier alpha value is 0.230. The Labute approximate surface area is 116 Å². The molecule has 4 heteroatoms. The lowest BCUT2D eigenvalue weighted by atomic mass is 10.4. The van der Waals surface area contributed by atoms with Gasteiger partial charge in [0.15, 0.2) is 0 Å². The monoisotopic (exact) mass is 272 g/mol. The van der Waals surface area contributed by atoms with E-state index in [1.165, 1.54) is 57.6 Å². The van der Waals surface area contributed by atoms with Crippen LogP contribution in [0.2, 0.25) is 0 Å². The summed E-state index contributed by atoms with van der Waals surface area (Å²) in [6.07, 6.45) is 6.04. The molecule has 2 aliphatic rings. The molecule has 2 heterocycles. The van der Waals surface area contributed by atoms with Crippen molar-refractivity contribution in [3.63, 3.8) is 0 Å². The molecule has 0 radical (unpaired) electrons. The maximum absolute atomic E-state index is 5.92. The van der Waals surface area contributed by atoms with Crippen LogP contribution in [-0.2, 0) is 4.74 Å². The third kappa shape index (κ3) is 4.41. The summed E-state index contributed by atoms with van der Waals surface area (Å²) in [6.45, 7) is 9.12. The van der Waals surface area contributed by atoms with Crippen molar-refractivity contribution in [1.29, 1.82) is 0 Å². The van der Waals surface area contributed by atoms with Gasteiger partial charge in [0.05, 0.1) is 19.4 Å². The Kier molecular flexibility index (Phi) is 6.84. The highest BCUT2D eigenvalue weighted by molar-refractivity contribution is 7.99. The molecule has 0 aromatic heterocycles. The minimum Gasteiger partial charge on any atom is -0.378 e. The van der Waals surface area contributed by atoms with Crippen molar-refractivity contribution in [3.05, 3.63) is 0 Å². The van der Waals surface area contributed by atoms with Crippen LogP contribution in [0.5, 0.6) is 0 Å². The molecule has 0 amide bonds. The largest absolute Gasteiger partial charge is 0.378 e. The second-order valence-electron chi connectivity index (χ2n) is 5.24. The lowest BCUT2D eigenvalue weighted by Gasteiger charge is -2.34. The second-order valence-corrected chi connectivity index (χ2v) is 6.63. The van der Waals surface area contributed by atoms with E-state index in [-0.39, 0.29) is 0 Å². The molecule has 2 saturated heterocycles. The third-order valence-electron chi connectivity index (χ3n) is 3.97. The molecule has 0 spiro atoms. The van der Waals surface area contributed by atoms with E-state index in [9.17, 15) is 0 Å². The first-order chi connectivity index (χ1) is 8.92. The minimum atomic E-state index is 0.557. The van der Waals surface area contributed by atoms with Crippen molar-refractivity contribution in [2.45, 2.75) is 38.8 Å². The van der Waals surface area contributed by atoms with Crippen LogP contribution in [0.25, 0.3) is 0 Å². The maximum atomic E-state index is 5.92. The van der Waals surface area contributed by atoms with Gasteiger partial charge in [-0.05, 0) is 57.6 Å².